The molecule has 0 radical (unpaired) electrons. The van der Waals surface area contributed by atoms with Crippen molar-refractivity contribution in [1.82, 2.24) is 9.80 Å². The van der Waals surface area contributed by atoms with Crippen LogP contribution in [0.4, 0.5) is 0 Å². The van der Waals surface area contributed by atoms with Crippen LogP contribution in [-0.4, -0.2) is 75.4 Å². The Balaban J connectivity index is 1.75. The Morgan fingerprint density at radius 2 is 2.11 bits per heavy atom. The smallest absolute Gasteiger partial charge is 0.248 e. The number of amides is 1. The lowest BCUT2D eigenvalue weighted by molar-refractivity contribution is -0.140. The molecule has 0 N–H and O–H groups in total. The van der Waals surface area contributed by atoms with E-state index in [1.807, 2.05) is 4.90 Å². The van der Waals surface area contributed by atoms with Crippen molar-refractivity contribution in [2.75, 3.05) is 53.6 Å². The molecule has 2 atom stereocenters. The Morgan fingerprint density at radius 1 is 1.26 bits per heavy atom. The van der Waals surface area contributed by atoms with Gasteiger partial charge in [0.05, 0.1) is 13.2 Å². The quantitative estimate of drug-likeness (QED) is 0.686. The predicted molar refractivity (Wildman–Crippen MR) is 73.0 cm³/mol. The number of hydrogen-bond acceptors (Lipinski definition) is 4. The zero-order valence-electron chi connectivity index (χ0n) is 12.1. The Kier molecular flexibility index (Phi) is 5.60. The summed E-state index contributed by atoms with van der Waals surface area (Å²) in [5, 5.41) is 0. The number of rotatable bonds is 5. The minimum absolute atomic E-state index is 0.128. The molecule has 5 nitrogen and oxygen atoms in total. The monoisotopic (exact) mass is 270 g/mol. The van der Waals surface area contributed by atoms with E-state index in [2.05, 4.69) is 11.9 Å². The SMILES string of the molecule is COCCOCC(=O)N1CCC2C(CCCN2C)C1. The Bertz CT molecular complexity index is 298. The van der Waals surface area contributed by atoms with E-state index in [0.29, 0.717) is 25.2 Å². The molecule has 0 aromatic rings. The number of hydrogen-bond donors (Lipinski definition) is 0. The fourth-order valence-electron chi connectivity index (χ4n) is 3.27. The summed E-state index contributed by atoms with van der Waals surface area (Å²) >= 11 is 0. The van der Waals surface area contributed by atoms with Gasteiger partial charge in [-0.15, -0.1) is 0 Å². The number of carbonyl (C=O) groups excluding carboxylic acids is 1. The van der Waals surface area contributed by atoms with Gasteiger partial charge in [-0.25, -0.2) is 0 Å². The second-order valence-corrected chi connectivity index (χ2v) is 5.62. The second kappa shape index (κ2) is 7.22. The van der Waals surface area contributed by atoms with E-state index < -0.39 is 0 Å². The topological polar surface area (TPSA) is 42.0 Å². The van der Waals surface area contributed by atoms with Crippen LogP contribution < -0.4 is 0 Å². The van der Waals surface area contributed by atoms with Crippen molar-refractivity contribution in [3.8, 4) is 0 Å². The summed E-state index contributed by atoms with van der Waals surface area (Å²) in [7, 11) is 3.84. The first-order chi connectivity index (χ1) is 9.22. The van der Waals surface area contributed by atoms with E-state index >= 15 is 0 Å². The molecule has 2 unspecified atom stereocenters. The summed E-state index contributed by atoms with van der Waals surface area (Å²) in [4.78, 5) is 16.5. The predicted octanol–water partition coefficient (Wildman–Crippen LogP) is 0.592. The summed E-state index contributed by atoms with van der Waals surface area (Å²) in [5.41, 5.74) is 0. The van der Waals surface area contributed by atoms with E-state index in [9.17, 15) is 4.79 Å². The van der Waals surface area contributed by atoms with Crippen LogP contribution in [0, 0.1) is 5.92 Å². The molecular weight excluding hydrogens is 244 g/mol. The van der Waals surface area contributed by atoms with Crippen LogP contribution in [0.1, 0.15) is 19.3 Å². The highest BCUT2D eigenvalue weighted by atomic mass is 16.5. The number of likely N-dealkylation sites (tertiary alicyclic amines) is 2. The number of piperidine rings is 2. The van der Waals surface area contributed by atoms with Gasteiger partial charge in [-0.05, 0) is 38.8 Å². The summed E-state index contributed by atoms with van der Waals surface area (Å²) in [6.07, 6.45) is 3.61. The standard InChI is InChI=1S/C14H26N2O3/c1-15-6-3-4-12-10-16(7-5-13(12)15)14(17)11-19-9-8-18-2/h12-13H,3-11H2,1-2H3. The van der Waals surface area contributed by atoms with Crippen molar-refractivity contribution in [2.24, 2.45) is 5.92 Å². The molecule has 1 amide bonds. The van der Waals surface area contributed by atoms with Gasteiger partial charge in [-0.1, -0.05) is 0 Å². The van der Waals surface area contributed by atoms with E-state index in [4.69, 9.17) is 9.47 Å². The third kappa shape index (κ3) is 3.91. The van der Waals surface area contributed by atoms with Gasteiger partial charge in [-0.2, -0.15) is 0 Å². The second-order valence-electron chi connectivity index (χ2n) is 5.62. The summed E-state index contributed by atoms with van der Waals surface area (Å²) in [6.45, 7) is 4.21. The van der Waals surface area contributed by atoms with Crippen molar-refractivity contribution in [3.05, 3.63) is 0 Å². The number of methoxy groups -OCH3 is 1. The van der Waals surface area contributed by atoms with Gasteiger partial charge in [0.15, 0.2) is 0 Å². The fraction of sp³-hybridized carbons (Fsp3) is 0.929. The van der Waals surface area contributed by atoms with Crippen LogP contribution in [-0.2, 0) is 14.3 Å². The molecule has 2 heterocycles. The lowest BCUT2D eigenvalue weighted by Crippen LogP contribution is -2.54. The maximum atomic E-state index is 12.1. The molecule has 2 saturated heterocycles. The van der Waals surface area contributed by atoms with Crippen molar-refractivity contribution in [3.63, 3.8) is 0 Å². The van der Waals surface area contributed by atoms with Gasteiger partial charge in [0.1, 0.15) is 6.61 Å². The molecule has 2 rings (SSSR count). The Morgan fingerprint density at radius 3 is 2.89 bits per heavy atom. The van der Waals surface area contributed by atoms with Crippen LogP contribution in [0.3, 0.4) is 0 Å². The van der Waals surface area contributed by atoms with Gasteiger partial charge in [-0.3, -0.25) is 4.79 Å². The normalized spacial score (nSPS) is 28.2. The lowest BCUT2D eigenvalue weighted by atomic mass is 9.84. The lowest BCUT2D eigenvalue weighted by Gasteiger charge is -2.45. The fourth-order valence-corrected chi connectivity index (χ4v) is 3.27. The highest BCUT2D eigenvalue weighted by Gasteiger charge is 2.35. The molecule has 0 aromatic heterocycles. The third-order valence-electron chi connectivity index (χ3n) is 4.36. The molecule has 0 aliphatic carbocycles. The summed E-state index contributed by atoms with van der Waals surface area (Å²) in [6, 6.07) is 0.673. The molecule has 5 heteroatoms. The van der Waals surface area contributed by atoms with Gasteiger partial charge in [0.2, 0.25) is 5.91 Å². The summed E-state index contributed by atoms with van der Waals surface area (Å²) < 4.78 is 10.2. The Labute approximate surface area is 115 Å². The Hall–Kier alpha value is -0.650. The zero-order chi connectivity index (χ0) is 13.7. The van der Waals surface area contributed by atoms with Crippen LogP contribution in [0.25, 0.3) is 0 Å². The molecule has 19 heavy (non-hydrogen) atoms. The van der Waals surface area contributed by atoms with Gasteiger partial charge >= 0.3 is 0 Å². The van der Waals surface area contributed by atoms with Crippen LogP contribution in [0.5, 0.6) is 0 Å². The average Bonchev–Trinajstić information content (AvgIpc) is 2.43. The van der Waals surface area contributed by atoms with Crippen molar-refractivity contribution in [1.29, 1.82) is 0 Å². The van der Waals surface area contributed by atoms with E-state index in [1.165, 1.54) is 19.4 Å². The van der Waals surface area contributed by atoms with Crippen molar-refractivity contribution < 1.29 is 14.3 Å². The maximum absolute atomic E-state index is 12.1. The number of nitrogens with zero attached hydrogens (tertiary/aromatic N) is 2. The van der Waals surface area contributed by atoms with Crippen LogP contribution in [0.2, 0.25) is 0 Å². The van der Waals surface area contributed by atoms with Crippen molar-refractivity contribution >= 4 is 5.91 Å². The molecule has 110 valence electrons. The molecule has 0 bridgehead atoms. The number of carbonyl (C=O) groups is 1. The van der Waals surface area contributed by atoms with Crippen molar-refractivity contribution in [2.45, 2.75) is 25.3 Å². The maximum Gasteiger partial charge on any atom is 0.248 e. The van der Waals surface area contributed by atoms with E-state index in [-0.39, 0.29) is 12.5 Å². The van der Waals surface area contributed by atoms with E-state index in [1.54, 1.807) is 7.11 Å². The van der Waals surface area contributed by atoms with Crippen LogP contribution >= 0.6 is 0 Å². The third-order valence-corrected chi connectivity index (χ3v) is 4.36. The first kappa shape index (κ1) is 14.8. The molecular formula is C14H26N2O3. The summed E-state index contributed by atoms with van der Waals surface area (Å²) in [5.74, 6) is 0.776. The van der Waals surface area contributed by atoms with Gasteiger partial charge in [0, 0.05) is 26.2 Å². The average molecular weight is 270 g/mol. The minimum Gasteiger partial charge on any atom is -0.382 e. The molecule has 0 spiro atoms. The zero-order valence-corrected chi connectivity index (χ0v) is 12.1. The van der Waals surface area contributed by atoms with Gasteiger partial charge < -0.3 is 19.3 Å². The number of ether oxygens (including phenoxy) is 2. The first-order valence-electron chi connectivity index (χ1n) is 7.27. The van der Waals surface area contributed by atoms with Crippen LogP contribution in [0.15, 0.2) is 0 Å². The molecule has 2 aliphatic heterocycles. The molecule has 2 aliphatic rings. The molecule has 0 saturated carbocycles. The highest BCUT2D eigenvalue weighted by Crippen LogP contribution is 2.29. The van der Waals surface area contributed by atoms with Gasteiger partial charge in [0.25, 0.3) is 0 Å². The number of fused-ring (bicyclic) bond motifs is 1. The largest absolute Gasteiger partial charge is 0.382 e. The first-order valence-corrected chi connectivity index (χ1v) is 7.27. The highest BCUT2D eigenvalue weighted by molar-refractivity contribution is 5.77. The van der Waals surface area contributed by atoms with E-state index in [0.717, 1.165) is 19.5 Å². The minimum atomic E-state index is 0.128. The molecule has 0 aromatic carbocycles. The molecule has 2 fully saturated rings.